The molecule has 1 aromatic rings. The Morgan fingerprint density at radius 1 is 1.67 bits per heavy atom. The third-order valence-corrected chi connectivity index (χ3v) is 3.01. The summed E-state index contributed by atoms with van der Waals surface area (Å²) >= 11 is 5.87. The summed E-state index contributed by atoms with van der Waals surface area (Å²) in [5.74, 6) is 0.538. The van der Waals surface area contributed by atoms with Crippen molar-refractivity contribution >= 4 is 17.5 Å². The van der Waals surface area contributed by atoms with Crippen LogP contribution in [0.2, 0.25) is 5.02 Å². The minimum atomic E-state index is -0.109. The lowest BCUT2D eigenvalue weighted by Crippen LogP contribution is -2.34. The quantitative estimate of drug-likeness (QED) is 0.856. The van der Waals surface area contributed by atoms with Crippen LogP contribution in [-0.2, 0) is 0 Å². The number of nitrogens with zero attached hydrogens (tertiary/aromatic N) is 1. The van der Waals surface area contributed by atoms with Gasteiger partial charge in [-0.25, -0.2) is 0 Å². The van der Waals surface area contributed by atoms with Gasteiger partial charge in [0.1, 0.15) is 0 Å². The monoisotopic (exact) mass is 224 g/mol. The standard InChI is InChI=1S/C11H13ClN2O/c1-7(8-2-3-8)14-11(15)9-4-5-13-6-10(9)12/h4-8H,2-3H2,1H3,(H,14,15). The van der Waals surface area contributed by atoms with Crippen LogP contribution in [0.4, 0.5) is 0 Å². The maximum absolute atomic E-state index is 11.8. The van der Waals surface area contributed by atoms with E-state index in [1.54, 1.807) is 12.3 Å². The van der Waals surface area contributed by atoms with Gasteiger partial charge in [0, 0.05) is 18.4 Å². The van der Waals surface area contributed by atoms with E-state index in [0.29, 0.717) is 16.5 Å². The highest BCUT2D eigenvalue weighted by Gasteiger charge is 2.29. The molecule has 1 aliphatic rings. The number of halogens is 1. The first kappa shape index (κ1) is 10.4. The molecule has 1 saturated carbocycles. The number of nitrogens with one attached hydrogen (secondary N) is 1. The Balaban J connectivity index is 2.04. The highest BCUT2D eigenvalue weighted by atomic mass is 35.5. The number of carbonyl (C=O) groups is 1. The lowest BCUT2D eigenvalue weighted by Gasteiger charge is -2.12. The minimum absolute atomic E-state index is 0.109. The van der Waals surface area contributed by atoms with Crippen molar-refractivity contribution in [3.63, 3.8) is 0 Å². The molecule has 80 valence electrons. The molecular weight excluding hydrogens is 212 g/mol. The molecule has 3 nitrogen and oxygen atoms in total. The summed E-state index contributed by atoms with van der Waals surface area (Å²) in [6.45, 7) is 2.03. The van der Waals surface area contributed by atoms with Crippen molar-refractivity contribution in [2.45, 2.75) is 25.8 Å². The molecule has 2 rings (SSSR count). The summed E-state index contributed by atoms with van der Waals surface area (Å²) in [4.78, 5) is 15.6. The van der Waals surface area contributed by atoms with Crippen molar-refractivity contribution in [1.82, 2.24) is 10.3 Å². The highest BCUT2D eigenvalue weighted by molar-refractivity contribution is 6.33. The number of hydrogen-bond donors (Lipinski definition) is 1. The topological polar surface area (TPSA) is 42.0 Å². The van der Waals surface area contributed by atoms with Gasteiger partial charge in [0.05, 0.1) is 10.6 Å². The Hall–Kier alpha value is -1.09. The van der Waals surface area contributed by atoms with Gasteiger partial charge in [0.2, 0.25) is 0 Å². The predicted molar refractivity (Wildman–Crippen MR) is 58.9 cm³/mol. The molecule has 1 atom stereocenters. The molecule has 15 heavy (non-hydrogen) atoms. The Labute approximate surface area is 93.8 Å². The Morgan fingerprint density at radius 2 is 2.40 bits per heavy atom. The Bertz CT molecular complexity index is 377. The van der Waals surface area contributed by atoms with E-state index in [0.717, 1.165) is 0 Å². The van der Waals surface area contributed by atoms with Gasteiger partial charge in [-0.2, -0.15) is 0 Å². The van der Waals surface area contributed by atoms with Crippen LogP contribution in [0, 0.1) is 5.92 Å². The second-order valence-corrected chi connectivity index (χ2v) is 4.36. The van der Waals surface area contributed by atoms with Crippen LogP contribution in [0.5, 0.6) is 0 Å². The molecule has 1 N–H and O–H groups in total. The van der Waals surface area contributed by atoms with E-state index in [-0.39, 0.29) is 11.9 Å². The van der Waals surface area contributed by atoms with Gasteiger partial charge in [0.25, 0.3) is 5.91 Å². The highest BCUT2D eigenvalue weighted by Crippen LogP contribution is 2.32. The smallest absolute Gasteiger partial charge is 0.253 e. The zero-order valence-corrected chi connectivity index (χ0v) is 9.29. The van der Waals surface area contributed by atoms with Gasteiger partial charge in [-0.3, -0.25) is 9.78 Å². The zero-order chi connectivity index (χ0) is 10.8. The number of amides is 1. The number of hydrogen-bond acceptors (Lipinski definition) is 2. The van der Waals surface area contributed by atoms with Crippen molar-refractivity contribution in [2.75, 3.05) is 0 Å². The maximum Gasteiger partial charge on any atom is 0.253 e. The van der Waals surface area contributed by atoms with E-state index >= 15 is 0 Å². The fraction of sp³-hybridized carbons (Fsp3) is 0.455. The van der Waals surface area contributed by atoms with E-state index in [2.05, 4.69) is 10.3 Å². The Morgan fingerprint density at radius 3 is 3.00 bits per heavy atom. The van der Waals surface area contributed by atoms with Gasteiger partial charge < -0.3 is 5.32 Å². The average molecular weight is 225 g/mol. The lowest BCUT2D eigenvalue weighted by molar-refractivity contribution is 0.0936. The molecule has 0 saturated heterocycles. The van der Waals surface area contributed by atoms with Gasteiger partial charge in [0.15, 0.2) is 0 Å². The molecule has 1 unspecified atom stereocenters. The van der Waals surface area contributed by atoms with Crippen molar-refractivity contribution in [1.29, 1.82) is 0 Å². The molecule has 4 heteroatoms. The van der Waals surface area contributed by atoms with Crippen LogP contribution in [0.25, 0.3) is 0 Å². The van der Waals surface area contributed by atoms with Crippen LogP contribution in [0.3, 0.4) is 0 Å². The fourth-order valence-electron chi connectivity index (χ4n) is 1.56. The predicted octanol–water partition coefficient (Wildman–Crippen LogP) is 2.26. The summed E-state index contributed by atoms with van der Waals surface area (Å²) in [5, 5.41) is 3.35. The first-order valence-electron chi connectivity index (χ1n) is 5.09. The van der Waals surface area contributed by atoms with Crippen LogP contribution < -0.4 is 5.32 Å². The zero-order valence-electron chi connectivity index (χ0n) is 8.53. The number of rotatable bonds is 3. The summed E-state index contributed by atoms with van der Waals surface area (Å²) in [5.41, 5.74) is 0.499. The summed E-state index contributed by atoms with van der Waals surface area (Å²) < 4.78 is 0. The molecule has 1 aromatic heterocycles. The molecule has 0 spiro atoms. The molecule has 1 aliphatic carbocycles. The molecule has 1 fully saturated rings. The van der Waals surface area contributed by atoms with Gasteiger partial charge in [-0.05, 0) is 31.7 Å². The van der Waals surface area contributed by atoms with Crippen molar-refractivity contribution in [3.8, 4) is 0 Å². The normalized spacial score (nSPS) is 17.2. The molecular formula is C11H13ClN2O. The molecule has 1 heterocycles. The van der Waals surface area contributed by atoms with Crippen molar-refractivity contribution in [2.24, 2.45) is 5.92 Å². The summed E-state index contributed by atoms with van der Waals surface area (Å²) in [7, 11) is 0. The summed E-state index contributed by atoms with van der Waals surface area (Å²) in [6, 6.07) is 1.87. The van der Waals surface area contributed by atoms with Crippen LogP contribution in [0.1, 0.15) is 30.1 Å². The molecule has 1 amide bonds. The third kappa shape index (κ3) is 2.48. The van der Waals surface area contributed by atoms with Crippen LogP contribution in [0.15, 0.2) is 18.5 Å². The third-order valence-electron chi connectivity index (χ3n) is 2.70. The molecule has 0 aliphatic heterocycles. The SMILES string of the molecule is CC(NC(=O)c1ccncc1Cl)C1CC1. The number of carbonyl (C=O) groups excluding carboxylic acids is 1. The van der Waals surface area contributed by atoms with Gasteiger partial charge in [-0.15, -0.1) is 0 Å². The van der Waals surface area contributed by atoms with E-state index in [1.807, 2.05) is 6.92 Å². The fourth-order valence-corrected chi connectivity index (χ4v) is 1.76. The molecule has 0 aromatic carbocycles. The first-order chi connectivity index (χ1) is 7.18. The van der Waals surface area contributed by atoms with Crippen LogP contribution in [-0.4, -0.2) is 16.9 Å². The first-order valence-corrected chi connectivity index (χ1v) is 5.46. The van der Waals surface area contributed by atoms with E-state index in [9.17, 15) is 4.79 Å². The van der Waals surface area contributed by atoms with E-state index in [4.69, 9.17) is 11.6 Å². The van der Waals surface area contributed by atoms with E-state index in [1.165, 1.54) is 19.0 Å². The molecule has 0 radical (unpaired) electrons. The Kier molecular flexibility index (Phi) is 2.91. The maximum atomic E-state index is 11.8. The lowest BCUT2D eigenvalue weighted by atomic mass is 10.2. The van der Waals surface area contributed by atoms with Gasteiger partial charge >= 0.3 is 0 Å². The van der Waals surface area contributed by atoms with Gasteiger partial charge in [-0.1, -0.05) is 11.6 Å². The number of pyridine rings is 1. The van der Waals surface area contributed by atoms with Crippen LogP contribution >= 0.6 is 11.6 Å². The van der Waals surface area contributed by atoms with Crippen molar-refractivity contribution < 1.29 is 4.79 Å². The average Bonchev–Trinajstić information content (AvgIpc) is 3.01. The van der Waals surface area contributed by atoms with E-state index < -0.39 is 0 Å². The molecule has 0 bridgehead atoms. The van der Waals surface area contributed by atoms with Crippen molar-refractivity contribution in [3.05, 3.63) is 29.0 Å². The number of aromatic nitrogens is 1. The summed E-state index contributed by atoms with van der Waals surface area (Å²) in [6.07, 6.45) is 5.48. The minimum Gasteiger partial charge on any atom is -0.349 e. The second kappa shape index (κ2) is 4.19. The largest absolute Gasteiger partial charge is 0.349 e. The second-order valence-electron chi connectivity index (χ2n) is 3.96.